The van der Waals surface area contributed by atoms with Gasteiger partial charge in [-0.15, -0.1) is 0 Å². The van der Waals surface area contributed by atoms with E-state index in [0.29, 0.717) is 24.6 Å². The van der Waals surface area contributed by atoms with E-state index in [1.165, 1.54) is 0 Å². The number of halogens is 2. The lowest BCUT2D eigenvalue weighted by Crippen LogP contribution is -2.41. The van der Waals surface area contributed by atoms with Gasteiger partial charge in [0, 0.05) is 24.6 Å². The Balaban J connectivity index is 2.03. The van der Waals surface area contributed by atoms with Crippen LogP contribution in [0.5, 0.6) is 5.75 Å². The number of guanidine groups is 1. The first-order valence-corrected chi connectivity index (χ1v) is 8.74. The molecule has 0 spiro atoms. The third kappa shape index (κ3) is 6.16. The van der Waals surface area contributed by atoms with Crippen molar-refractivity contribution in [1.82, 2.24) is 10.6 Å². The molecule has 0 aliphatic heterocycles. The van der Waals surface area contributed by atoms with Crippen molar-refractivity contribution in [2.24, 2.45) is 10.9 Å². The fraction of sp³-hybridized carbons (Fsp3) is 0.611. The molecule has 5 nitrogen and oxygen atoms in total. The summed E-state index contributed by atoms with van der Waals surface area (Å²) in [6.07, 6.45) is 2.62. The number of ether oxygens (including phenoxy) is 1. The number of alkyl halides is 2. The number of aliphatic hydroxyl groups excluding tert-OH is 1. The Bertz CT molecular complexity index is 581. The summed E-state index contributed by atoms with van der Waals surface area (Å²) < 4.78 is 29.7. The van der Waals surface area contributed by atoms with Crippen LogP contribution in [0.15, 0.2) is 23.2 Å². The zero-order valence-electron chi connectivity index (χ0n) is 14.8. The SMILES string of the molecule is CCNC(=NCc1cc(C)ccc1OC(F)F)NCC1CCCC1O. The highest BCUT2D eigenvalue weighted by atomic mass is 19.3. The summed E-state index contributed by atoms with van der Waals surface area (Å²) in [4.78, 5) is 4.47. The van der Waals surface area contributed by atoms with E-state index in [0.717, 1.165) is 24.8 Å². The molecule has 1 aromatic carbocycles. The maximum absolute atomic E-state index is 12.5. The Kier molecular flexibility index (Phi) is 7.43. The van der Waals surface area contributed by atoms with E-state index in [9.17, 15) is 13.9 Å². The number of aliphatic imine (C=N–C) groups is 1. The monoisotopic (exact) mass is 355 g/mol. The molecule has 1 aliphatic carbocycles. The van der Waals surface area contributed by atoms with Gasteiger partial charge in [0.15, 0.2) is 5.96 Å². The lowest BCUT2D eigenvalue weighted by molar-refractivity contribution is -0.0504. The Labute approximate surface area is 147 Å². The quantitative estimate of drug-likeness (QED) is 0.520. The van der Waals surface area contributed by atoms with Crippen molar-refractivity contribution in [1.29, 1.82) is 0 Å². The third-order valence-corrected chi connectivity index (χ3v) is 4.33. The minimum absolute atomic E-state index is 0.145. The standard InChI is InChI=1S/C18H27F2N3O2/c1-3-21-18(22-10-13-5-4-6-15(13)24)23-11-14-9-12(2)7-8-16(14)25-17(19)20/h7-9,13,15,17,24H,3-6,10-11H2,1-2H3,(H2,21,22,23). The summed E-state index contributed by atoms with van der Waals surface area (Å²) in [6.45, 7) is 2.55. The van der Waals surface area contributed by atoms with E-state index in [1.807, 2.05) is 13.8 Å². The topological polar surface area (TPSA) is 65.9 Å². The molecule has 0 radical (unpaired) electrons. The molecule has 140 valence electrons. The maximum atomic E-state index is 12.5. The lowest BCUT2D eigenvalue weighted by atomic mass is 10.1. The van der Waals surface area contributed by atoms with E-state index in [2.05, 4.69) is 20.4 Å². The summed E-state index contributed by atoms with van der Waals surface area (Å²) in [7, 11) is 0. The number of nitrogens with zero attached hydrogens (tertiary/aromatic N) is 1. The van der Waals surface area contributed by atoms with E-state index in [1.54, 1.807) is 18.2 Å². The first-order chi connectivity index (χ1) is 12.0. The molecule has 0 heterocycles. The van der Waals surface area contributed by atoms with Crippen LogP contribution >= 0.6 is 0 Å². The van der Waals surface area contributed by atoms with Crippen molar-refractivity contribution < 1.29 is 18.6 Å². The highest BCUT2D eigenvalue weighted by Crippen LogP contribution is 2.25. The van der Waals surface area contributed by atoms with Crippen molar-refractivity contribution in [2.45, 2.75) is 52.4 Å². The van der Waals surface area contributed by atoms with Crippen LogP contribution < -0.4 is 15.4 Å². The van der Waals surface area contributed by atoms with E-state index in [4.69, 9.17) is 0 Å². The minimum atomic E-state index is -2.86. The number of hydrogen-bond acceptors (Lipinski definition) is 3. The van der Waals surface area contributed by atoms with Crippen molar-refractivity contribution >= 4 is 5.96 Å². The number of hydrogen-bond donors (Lipinski definition) is 3. The molecular formula is C18H27F2N3O2. The van der Waals surface area contributed by atoms with Gasteiger partial charge in [-0.2, -0.15) is 8.78 Å². The molecule has 3 N–H and O–H groups in total. The summed E-state index contributed by atoms with van der Waals surface area (Å²) >= 11 is 0. The van der Waals surface area contributed by atoms with Gasteiger partial charge in [-0.25, -0.2) is 4.99 Å². The fourth-order valence-corrected chi connectivity index (χ4v) is 3.03. The zero-order chi connectivity index (χ0) is 18.2. The summed E-state index contributed by atoms with van der Waals surface area (Å²) in [5.74, 6) is 0.970. The molecular weight excluding hydrogens is 328 g/mol. The van der Waals surface area contributed by atoms with Crippen LogP contribution in [0, 0.1) is 12.8 Å². The van der Waals surface area contributed by atoms with Crippen LogP contribution in [-0.4, -0.2) is 36.9 Å². The molecule has 0 amide bonds. The average molecular weight is 355 g/mol. The molecule has 0 bridgehead atoms. The number of nitrogens with one attached hydrogen (secondary N) is 2. The van der Waals surface area contributed by atoms with Crippen molar-refractivity contribution in [3.8, 4) is 5.75 Å². The Hall–Kier alpha value is -1.89. The van der Waals surface area contributed by atoms with Gasteiger partial charge in [0.05, 0.1) is 12.6 Å². The zero-order valence-corrected chi connectivity index (χ0v) is 14.8. The summed E-state index contributed by atoms with van der Waals surface area (Å²) in [5, 5.41) is 16.3. The van der Waals surface area contributed by atoms with Gasteiger partial charge in [0.25, 0.3) is 0 Å². The number of aryl methyl sites for hydroxylation is 1. The number of benzene rings is 1. The number of rotatable bonds is 7. The number of aliphatic hydroxyl groups is 1. The predicted octanol–water partition coefficient (Wildman–Crippen LogP) is 2.81. The molecule has 1 aliphatic rings. The molecule has 2 rings (SSSR count). The smallest absolute Gasteiger partial charge is 0.387 e. The Morgan fingerprint density at radius 2 is 2.16 bits per heavy atom. The normalized spacial score (nSPS) is 20.8. The van der Waals surface area contributed by atoms with Gasteiger partial charge in [-0.3, -0.25) is 0 Å². The summed E-state index contributed by atoms with van der Waals surface area (Å²) in [6, 6.07) is 5.07. The van der Waals surface area contributed by atoms with Crippen molar-refractivity contribution in [2.75, 3.05) is 13.1 Å². The molecule has 0 saturated heterocycles. The third-order valence-electron chi connectivity index (χ3n) is 4.33. The average Bonchev–Trinajstić information content (AvgIpc) is 2.97. The van der Waals surface area contributed by atoms with Crippen LogP contribution in [0.3, 0.4) is 0 Å². The Morgan fingerprint density at radius 3 is 2.80 bits per heavy atom. The van der Waals surface area contributed by atoms with E-state index >= 15 is 0 Å². The molecule has 0 aromatic heterocycles. The van der Waals surface area contributed by atoms with Gasteiger partial charge in [0.1, 0.15) is 5.75 Å². The maximum Gasteiger partial charge on any atom is 0.387 e. The first kappa shape index (κ1) is 19.4. The highest BCUT2D eigenvalue weighted by molar-refractivity contribution is 5.79. The molecule has 7 heteroatoms. The van der Waals surface area contributed by atoms with Gasteiger partial charge < -0.3 is 20.5 Å². The van der Waals surface area contributed by atoms with Gasteiger partial charge in [-0.05, 0) is 32.8 Å². The van der Waals surface area contributed by atoms with Crippen LogP contribution in [-0.2, 0) is 6.54 Å². The Morgan fingerprint density at radius 1 is 1.36 bits per heavy atom. The molecule has 25 heavy (non-hydrogen) atoms. The van der Waals surface area contributed by atoms with Crippen LogP contribution in [0.2, 0.25) is 0 Å². The van der Waals surface area contributed by atoms with Gasteiger partial charge >= 0.3 is 6.61 Å². The lowest BCUT2D eigenvalue weighted by Gasteiger charge is -2.18. The first-order valence-electron chi connectivity index (χ1n) is 8.74. The second-order valence-corrected chi connectivity index (χ2v) is 6.32. The molecule has 2 atom stereocenters. The van der Waals surface area contributed by atoms with E-state index in [-0.39, 0.29) is 24.3 Å². The minimum Gasteiger partial charge on any atom is -0.434 e. The summed E-state index contributed by atoms with van der Waals surface area (Å²) in [5.41, 5.74) is 1.57. The van der Waals surface area contributed by atoms with Crippen molar-refractivity contribution in [3.05, 3.63) is 29.3 Å². The van der Waals surface area contributed by atoms with E-state index < -0.39 is 6.61 Å². The molecule has 2 unspecified atom stereocenters. The predicted molar refractivity (Wildman–Crippen MR) is 94.0 cm³/mol. The fourth-order valence-electron chi connectivity index (χ4n) is 3.03. The highest BCUT2D eigenvalue weighted by Gasteiger charge is 2.25. The second kappa shape index (κ2) is 9.56. The molecule has 1 fully saturated rings. The van der Waals surface area contributed by atoms with Crippen LogP contribution in [0.4, 0.5) is 8.78 Å². The van der Waals surface area contributed by atoms with Crippen LogP contribution in [0.25, 0.3) is 0 Å². The molecule has 1 aromatic rings. The van der Waals surface area contributed by atoms with Gasteiger partial charge in [-0.1, -0.05) is 24.1 Å². The van der Waals surface area contributed by atoms with Crippen molar-refractivity contribution in [3.63, 3.8) is 0 Å². The largest absolute Gasteiger partial charge is 0.434 e. The second-order valence-electron chi connectivity index (χ2n) is 6.32. The van der Waals surface area contributed by atoms with Gasteiger partial charge in [0.2, 0.25) is 0 Å². The van der Waals surface area contributed by atoms with Crippen LogP contribution in [0.1, 0.15) is 37.3 Å². The molecule has 1 saturated carbocycles.